The van der Waals surface area contributed by atoms with Crippen LogP contribution in [0.1, 0.15) is 61.3 Å². The summed E-state index contributed by atoms with van der Waals surface area (Å²) in [5.41, 5.74) is -0.404. The largest absolute Gasteiger partial charge is 0.444 e. The third-order valence-corrected chi connectivity index (χ3v) is 3.19. The van der Waals surface area contributed by atoms with Crippen molar-refractivity contribution in [2.24, 2.45) is 17.8 Å². The van der Waals surface area contributed by atoms with Gasteiger partial charge in [0.2, 0.25) is 0 Å². The van der Waals surface area contributed by atoms with Gasteiger partial charge in [-0.15, -0.1) is 0 Å². The number of hydrogen-bond acceptors (Lipinski definition) is 2. The van der Waals surface area contributed by atoms with Crippen molar-refractivity contribution in [2.45, 2.75) is 66.9 Å². The number of hydrogen-bond donors (Lipinski definition) is 1. The standard InChI is InChI=1S/C13H25NO2.C2H6/c1-9-6-10(2)11(7-9)8-14-12(15)16-13(3,4)5;1-2/h9-11H,6-8H2,1-5H3,(H,14,15);1-2H3. The average molecular weight is 257 g/mol. The summed E-state index contributed by atoms with van der Waals surface area (Å²) in [6.07, 6.45) is 2.21. The van der Waals surface area contributed by atoms with E-state index in [2.05, 4.69) is 19.2 Å². The van der Waals surface area contributed by atoms with Crippen molar-refractivity contribution in [1.82, 2.24) is 5.32 Å². The molecule has 0 spiro atoms. The first-order valence-corrected chi connectivity index (χ1v) is 7.25. The van der Waals surface area contributed by atoms with E-state index < -0.39 is 5.60 Å². The van der Waals surface area contributed by atoms with E-state index in [1.807, 2.05) is 34.6 Å². The molecular weight excluding hydrogens is 226 g/mol. The van der Waals surface area contributed by atoms with Crippen molar-refractivity contribution < 1.29 is 9.53 Å². The molecule has 1 aliphatic carbocycles. The first-order chi connectivity index (χ1) is 8.28. The number of ether oxygens (including phenoxy) is 1. The van der Waals surface area contributed by atoms with Gasteiger partial charge in [-0.05, 0) is 51.4 Å². The lowest BCUT2D eigenvalue weighted by Gasteiger charge is -2.21. The van der Waals surface area contributed by atoms with E-state index in [0.29, 0.717) is 11.8 Å². The summed E-state index contributed by atoms with van der Waals surface area (Å²) in [5, 5.41) is 2.87. The fourth-order valence-electron chi connectivity index (χ4n) is 2.49. The Morgan fingerprint density at radius 1 is 1.22 bits per heavy atom. The molecule has 3 heteroatoms. The lowest BCUT2D eigenvalue weighted by molar-refractivity contribution is 0.0516. The number of nitrogens with one attached hydrogen (secondary N) is 1. The van der Waals surface area contributed by atoms with Crippen LogP contribution in [-0.2, 0) is 4.74 Å². The molecule has 3 unspecified atom stereocenters. The Hall–Kier alpha value is -0.730. The Morgan fingerprint density at radius 2 is 1.78 bits per heavy atom. The molecule has 1 amide bonds. The van der Waals surface area contributed by atoms with Crippen LogP contribution in [0.3, 0.4) is 0 Å². The highest BCUT2D eigenvalue weighted by Crippen LogP contribution is 2.35. The molecule has 0 aromatic heterocycles. The topological polar surface area (TPSA) is 38.3 Å². The van der Waals surface area contributed by atoms with Crippen molar-refractivity contribution in [3.8, 4) is 0 Å². The van der Waals surface area contributed by atoms with Gasteiger partial charge < -0.3 is 10.1 Å². The van der Waals surface area contributed by atoms with Crippen LogP contribution in [0.4, 0.5) is 4.79 Å². The van der Waals surface area contributed by atoms with Crippen molar-refractivity contribution in [3.63, 3.8) is 0 Å². The molecule has 108 valence electrons. The van der Waals surface area contributed by atoms with Crippen LogP contribution < -0.4 is 5.32 Å². The zero-order chi connectivity index (χ0) is 14.3. The number of alkyl carbamates (subject to hydrolysis) is 1. The molecule has 1 rings (SSSR count). The molecule has 0 aromatic carbocycles. The van der Waals surface area contributed by atoms with E-state index in [9.17, 15) is 4.79 Å². The summed E-state index contributed by atoms with van der Waals surface area (Å²) in [7, 11) is 0. The molecule has 18 heavy (non-hydrogen) atoms. The highest BCUT2D eigenvalue weighted by Gasteiger charge is 2.29. The van der Waals surface area contributed by atoms with E-state index in [4.69, 9.17) is 4.74 Å². The van der Waals surface area contributed by atoms with E-state index in [0.717, 1.165) is 12.5 Å². The summed E-state index contributed by atoms with van der Waals surface area (Å²) in [5.74, 6) is 2.12. The van der Waals surface area contributed by atoms with Gasteiger partial charge in [-0.25, -0.2) is 4.79 Å². The van der Waals surface area contributed by atoms with Crippen LogP contribution in [0.25, 0.3) is 0 Å². The molecule has 1 saturated carbocycles. The lowest BCUT2D eigenvalue weighted by atomic mass is 9.98. The second-order valence-electron chi connectivity index (χ2n) is 6.20. The van der Waals surface area contributed by atoms with Crippen molar-refractivity contribution in [1.29, 1.82) is 0 Å². The summed E-state index contributed by atoms with van der Waals surface area (Å²) in [6.45, 7) is 14.9. The smallest absolute Gasteiger partial charge is 0.407 e. The van der Waals surface area contributed by atoms with Crippen LogP contribution in [-0.4, -0.2) is 18.2 Å². The monoisotopic (exact) mass is 257 g/mol. The zero-order valence-electron chi connectivity index (χ0n) is 13.2. The SMILES string of the molecule is CC.CC1CC(C)C(CNC(=O)OC(C)(C)C)C1. The quantitative estimate of drug-likeness (QED) is 0.804. The number of carbonyl (C=O) groups is 1. The summed E-state index contributed by atoms with van der Waals surface area (Å²) >= 11 is 0. The predicted molar refractivity (Wildman–Crippen MR) is 76.6 cm³/mol. The number of rotatable bonds is 2. The van der Waals surface area contributed by atoms with Gasteiger partial charge in [0.25, 0.3) is 0 Å². The third-order valence-electron chi connectivity index (χ3n) is 3.19. The van der Waals surface area contributed by atoms with Gasteiger partial charge in [-0.3, -0.25) is 0 Å². The molecule has 1 fully saturated rings. The van der Waals surface area contributed by atoms with Crippen molar-refractivity contribution in [2.75, 3.05) is 6.54 Å². The molecule has 3 nitrogen and oxygen atoms in total. The highest BCUT2D eigenvalue weighted by molar-refractivity contribution is 5.67. The molecule has 3 atom stereocenters. The Bertz CT molecular complexity index is 245. The molecule has 1 N–H and O–H groups in total. The van der Waals surface area contributed by atoms with Crippen LogP contribution in [0.5, 0.6) is 0 Å². The van der Waals surface area contributed by atoms with Gasteiger partial charge in [-0.2, -0.15) is 0 Å². The van der Waals surface area contributed by atoms with Gasteiger partial charge >= 0.3 is 6.09 Å². The molecule has 0 aliphatic heterocycles. The minimum absolute atomic E-state index is 0.292. The van der Waals surface area contributed by atoms with Gasteiger partial charge in [0.05, 0.1) is 0 Å². The molecule has 0 radical (unpaired) electrons. The van der Waals surface area contributed by atoms with Crippen LogP contribution in [0, 0.1) is 17.8 Å². The van der Waals surface area contributed by atoms with Crippen molar-refractivity contribution >= 4 is 6.09 Å². The Balaban J connectivity index is 0.00000137. The van der Waals surface area contributed by atoms with Gasteiger partial charge in [-0.1, -0.05) is 27.7 Å². The van der Waals surface area contributed by atoms with E-state index in [1.54, 1.807) is 0 Å². The lowest BCUT2D eigenvalue weighted by Crippen LogP contribution is -2.35. The van der Waals surface area contributed by atoms with Gasteiger partial charge in [0.1, 0.15) is 5.60 Å². The summed E-state index contributed by atoms with van der Waals surface area (Å²) < 4.78 is 5.21. The Labute approximate surface area is 113 Å². The molecular formula is C15H31NO2. The van der Waals surface area contributed by atoms with Crippen LogP contribution in [0.2, 0.25) is 0 Å². The normalized spacial score (nSPS) is 27.2. The summed E-state index contributed by atoms with van der Waals surface area (Å²) in [4.78, 5) is 11.5. The maximum atomic E-state index is 11.5. The third kappa shape index (κ3) is 6.87. The summed E-state index contributed by atoms with van der Waals surface area (Å²) in [6, 6.07) is 0. The minimum Gasteiger partial charge on any atom is -0.444 e. The second kappa shape index (κ2) is 7.65. The Morgan fingerprint density at radius 3 is 2.17 bits per heavy atom. The molecule has 1 aliphatic rings. The molecule has 0 saturated heterocycles. The van der Waals surface area contributed by atoms with E-state index in [1.165, 1.54) is 12.8 Å². The van der Waals surface area contributed by atoms with Crippen LogP contribution in [0.15, 0.2) is 0 Å². The van der Waals surface area contributed by atoms with Crippen molar-refractivity contribution in [3.05, 3.63) is 0 Å². The van der Waals surface area contributed by atoms with E-state index >= 15 is 0 Å². The number of carbonyl (C=O) groups excluding carboxylic acids is 1. The van der Waals surface area contributed by atoms with Gasteiger partial charge in [0.15, 0.2) is 0 Å². The van der Waals surface area contributed by atoms with Gasteiger partial charge in [0, 0.05) is 6.54 Å². The predicted octanol–water partition coefficient (Wildman–Crippen LogP) is 4.22. The molecule has 0 aromatic rings. The number of amides is 1. The first kappa shape index (κ1) is 17.3. The highest BCUT2D eigenvalue weighted by atomic mass is 16.6. The molecule has 0 bridgehead atoms. The second-order valence-corrected chi connectivity index (χ2v) is 6.20. The zero-order valence-corrected chi connectivity index (χ0v) is 13.2. The minimum atomic E-state index is -0.404. The maximum absolute atomic E-state index is 11.5. The fraction of sp³-hybridized carbons (Fsp3) is 0.933. The fourth-order valence-corrected chi connectivity index (χ4v) is 2.49. The first-order valence-electron chi connectivity index (χ1n) is 7.25. The van der Waals surface area contributed by atoms with Crippen LogP contribution >= 0.6 is 0 Å². The maximum Gasteiger partial charge on any atom is 0.407 e. The Kier molecular flexibility index (Phi) is 7.34. The molecule has 0 heterocycles. The van der Waals surface area contributed by atoms with E-state index in [-0.39, 0.29) is 6.09 Å². The average Bonchev–Trinajstić information content (AvgIpc) is 2.55.